The van der Waals surface area contributed by atoms with Gasteiger partial charge in [0, 0.05) is 34.9 Å². The van der Waals surface area contributed by atoms with Gasteiger partial charge < -0.3 is 5.11 Å². The van der Waals surface area contributed by atoms with Crippen molar-refractivity contribution in [1.29, 1.82) is 0 Å². The zero-order chi connectivity index (χ0) is 14.0. The molecule has 1 aromatic carbocycles. The number of halogens is 4. The van der Waals surface area contributed by atoms with Crippen molar-refractivity contribution in [2.45, 2.75) is 12.5 Å². The lowest BCUT2D eigenvalue weighted by atomic mass is 10.0. The number of benzene rings is 1. The summed E-state index contributed by atoms with van der Waals surface area (Å²) in [5.74, 6) is -3.24. The summed E-state index contributed by atoms with van der Waals surface area (Å²) in [5.41, 5.74) is -0.0788. The maximum atomic E-state index is 13.5. The van der Waals surface area contributed by atoms with Crippen LogP contribution >= 0.6 is 15.9 Å². The third kappa shape index (κ3) is 3.33. The van der Waals surface area contributed by atoms with Crippen LogP contribution in [0.1, 0.15) is 17.4 Å². The van der Waals surface area contributed by atoms with Crippen LogP contribution < -0.4 is 0 Å². The normalized spacial score (nSPS) is 12.5. The molecule has 0 spiro atoms. The van der Waals surface area contributed by atoms with Crippen molar-refractivity contribution in [3.05, 3.63) is 63.6 Å². The van der Waals surface area contributed by atoms with E-state index in [9.17, 15) is 18.3 Å². The van der Waals surface area contributed by atoms with Gasteiger partial charge in [-0.2, -0.15) is 0 Å². The predicted octanol–water partition coefficient (Wildman–Crippen LogP) is 3.54. The molecule has 0 saturated heterocycles. The highest BCUT2D eigenvalue weighted by molar-refractivity contribution is 9.10. The molecule has 2 rings (SSSR count). The van der Waals surface area contributed by atoms with E-state index < -0.39 is 29.1 Å². The Balaban J connectivity index is 2.25. The van der Waals surface area contributed by atoms with E-state index in [1.54, 1.807) is 12.1 Å². The molecule has 0 fully saturated rings. The van der Waals surface area contributed by atoms with E-state index in [0.717, 1.165) is 4.47 Å². The molecule has 19 heavy (non-hydrogen) atoms. The molecule has 2 nitrogen and oxygen atoms in total. The maximum Gasteiger partial charge on any atom is 0.134 e. The van der Waals surface area contributed by atoms with Gasteiger partial charge in [0.25, 0.3) is 0 Å². The second-order valence-electron chi connectivity index (χ2n) is 3.97. The number of nitrogens with zero attached hydrogens (tertiary/aromatic N) is 1. The summed E-state index contributed by atoms with van der Waals surface area (Å²) < 4.78 is 40.4. The standard InChI is InChI=1S/C13H9BrF3NO/c14-7-1-2-9(18-6-7)5-12(19)13-10(16)3-8(15)4-11(13)17/h1-4,6,12,19H,5H2. The SMILES string of the molecule is OC(Cc1ccc(Br)cn1)c1c(F)cc(F)cc1F. The summed E-state index contributed by atoms with van der Waals surface area (Å²) in [6, 6.07) is 4.40. The van der Waals surface area contributed by atoms with Crippen LogP contribution in [0, 0.1) is 17.5 Å². The smallest absolute Gasteiger partial charge is 0.134 e. The lowest BCUT2D eigenvalue weighted by molar-refractivity contribution is 0.167. The number of rotatable bonds is 3. The third-order valence-corrected chi connectivity index (χ3v) is 3.04. The van der Waals surface area contributed by atoms with Gasteiger partial charge >= 0.3 is 0 Å². The summed E-state index contributed by atoms with van der Waals surface area (Å²) in [5, 5.41) is 9.84. The Morgan fingerprint density at radius 1 is 1.16 bits per heavy atom. The van der Waals surface area contributed by atoms with Crippen LogP contribution in [-0.2, 0) is 6.42 Å². The first-order valence-electron chi connectivity index (χ1n) is 5.40. The molecule has 0 aliphatic rings. The first-order chi connectivity index (χ1) is 8.97. The van der Waals surface area contributed by atoms with Crippen molar-refractivity contribution in [3.63, 3.8) is 0 Å². The third-order valence-electron chi connectivity index (χ3n) is 2.57. The molecule has 100 valence electrons. The Morgan fingerprint density at radius 2 is 1.79 bits per heavy atom. The fraction of sp³-hybridized carbons (Fsp3) is 0.154. The molecule has 0 aliphatic heterocycles. The lowest BCUT2D eigenvalue weighted by Gasteiger charge is -2.12. The summed E-state index contributed by atoms with van der Waals surface area (Å²) in [6.07, 6.45) is 0.0286. The largest absolute Gasteiger partial charge is 0.388 e. The number of hydrogen-bond acceptors (Lipinski definition) is 2. The molecule has 1 aromatic heterocycles. The zero-order valence-electron chi connectivity index (χ0n) is 9.58. The van der Waals surface area contributed by atoms with Crippen LogP contribution in [0.25, 0.3) is 0 Å². The average molecular weight is 332 g/mol. The van der Waals surface area contributed by atoms with Gasteiger partial charge in [-0.05, 0) is 28.1 Å². The van der Waals surface area contributed by atoms with Gasteiger partial charge in [0.05, 0.1) is 11.7 Å². The highest BCUT2D eigenvalue weighted by Crippen LogP contribution is 2.24. The number of aromatic nitrogens is 1. The first-order valence-corrected chi connectivity index (χ1v) is 6.19. The van der Waals surface area contributed by atoms with Crippen LogP contribution in [0.5, 0.6) is 0 Å². The molecule has 0 aliphatic carbocycles. The van der Waals surface area contributed by atoms with Gasteiger partial charge in [-0.25, -0.2) is 13.2 Å². The summed E-state index contributed by atoms with van der Waals surface area (Å²) in [4.78, 5) is 3.99. The molecule has 0 bridgehead atoms. The molecule has 1 N–H and O–H groups in total. The Kier molecular flexibility index (Phi) is 4.21. The van der Waals surface area contributed by atoms with Gasteiger partial charge in [-0.15, -0.1) is 0 Å². The minimum absolute atomic E-state index is 0.0627. The topological polar surface area (TPSA) is 33.1 Å². The first kappa shape index (κ1) is 14.0. The van der Waals surface area contributed by atoms with Crippen LogP contribution in [-0.4, -0.2) is 10.1 Å². The summed E-state index contributed by atoms with van der Waals surface area (Å²) in [7, 11) is 0. The molecule has 2 aromatic rings. The van der Waals surface area contributed by atoms with Crippen LogP contribution in [0.4, 0.5) is 13.2 Å². The molecule has 6 heteroatoms. The fourth-order valence-electron chi connectivity index (χ4n) is 1.70. The number of hydrogen-bond donors (Lipinski definition) is 1. The lowest BCUT2D eigenvalue weighted by Crippen LogP contribution is -2.08. The summed E-state index contributed by atoms with van der Waals surface area (Å²) >= 11 is 3.20. The van der Waals surface area contributed by atoms with Crippen LogP contribution in [0.2, 0.25) is 0 Å². The highest BCUT2D eigenvalue weighted by Gasteiger charge is 2.20. The van der Waals surface area contributed by atoms with E-state index in [0.29, 0.717) is 17.8 Å². The Labute approximate surface area is 116 Å². The number of pyridine rings is 1. The minimum atomic E-state index is -1.42. The molecular formula is C13H9BrF3NO. The zero-order valence-corrected chi connectivity index (χ0v) is 11.2. The van der Waals surface area contributed by atoms with Gasteiger partial charge in [0.15, 0.2) is 0 Å². The Morgan fingerprint density at radius 3 is 2.32 bits per heavy atom. The van der Waals surface area contributed by atoms with Crippen molar-refractivity contribution in [1.82, 2.24) is 4.98 Å². The Bertz CT molecular complexity index is 566. The quantitative estimate of drug-likeness (QED) is 0.933. The molecule has 1 atom stereocenters. The van der Waals surface area contributed by atoms with E-state index in [1.807, 2.05) is 0 Å². The van der Waals surface area contributed by atoms with E-state index in [4.69, 9.17) is 0 Å². The minimum Gasteiger partial charge on any atom is -0.388 e. The fourth-order valence-corrected chi connectivity index (χ4v) is 1.93. The van der Waals surface area contributed by atoms with Gasteiger partial charge in [0.2, 0.25) is 0 Å². The number of aliphatic hydroxyl groups is 1. The van der Waals surface area contributed by atoms with Crippen LogP contribution in [0.15, 0.2) is 34.9 Å². The Hall–Kier alpha value is -1.40. The second kappa shape index (κ2) is 5.71. The highest BCUT2D eigenvalue weighted by atomic mass is 79.9. The van der Waals surface area contributed by atoms with Crippen molar-refractivity contribution < 1.29 is 18.3 Å². The van der Waals surface area contributed by atoms with Gasteiger partial charge in [-0.1, -0.05) is 0 Å². The van der Waals surface area contributed by atoms with Crippen LogP contribution in [0.3, 0.4) is 0 Å². The molecule has 0 amide bonds. The molecule has 0 saturated carbocycles. The monoisotopic (exact) mass is 331 g/mol. The van der Waals surface area contributed by atoms with Crippen molar-refractivity contribution in [2.75, 3.05) is 0 Å². The molecule has 1 heterocycles. The van der Waals surface area contributed by atoms with Crippen molar-refractivity contribution in [3.8, 4) is 0 Å². The van der Waals surface area contributed by atoms with Gasteiger partial charge in [-0.3, -0.25) is 4.98 Å². The second-order valence-corrected chi connectivity index (χ2v) is 4.89. The van der Waals surface area contributed by atoms with Gasteiger partial charge in [0.1, 0.15) is 17.5 Å². The summed E-state index contributed by atoms with van der Waals surface area (Å²) in [6.45, 7) is 0. The van der Waals surface area contributed by atoms with E-state index >= 15 is 0 Å². The van der Waals surface area contributed by atoms with E-state index in [1.165, 1.54) is 6.20 Å². The van der Waals surface area contributed by atoms with Crippen molar-refractivity contribution in [2.24, 2.45) is 0 Å². The molecular weight excluding hydrogens is 323 g/mol. The van der Waals surface area contributed by atoms with E-state index in [-0.39, 0.29) is 6.42 Å². The molecule has 1 unspecified atom stereocenters. The average Bonchev–Trinajstić information content (AvgIpc) is 2.30. The van der Waals surface area contributed by atoms with Crippen molar-refractivity contribution >= 4 is 15.9 Å². The maximum absolute atomic E-state index is 13.5. The van der Waals surface area contributed by atoms with E-state index in [2.05, 4.69) is 20.9 Å². The predicted molar refractivity (Wildman–Crippen MR) is 66.9 cm³/mol. The number of aliphatic hydroxyl groups excluding tert-OH is 1. The molecule has 0 radical (unpaired) electrons.